The van der Waals surface area contributed by atoms with Gasteiger partial charge in [0, 0.05) is 0 Å². The number of hydrogen-bond acceptors (Lipinski definition) is 5. The lowest BCUT2D eigenvalue weighted by Crippen LogP contribution is -2.44. The summed E-state index contributed by atoms with van der Waals surface area (Å²) in [4.78, 5) is 24.8. The van der Waals surface area contributed by atoms with Crippen LogP contribution in [0.25, 0.3) is 0 Å². The highest BCUT2D eigenvalue weighted by Crippen LogP contribution is 2.12. The molecule has 2 rings (SSSR count). The zero-order chi connectivity index (χ0) is 22.7. The Labute approximate surface area is 185 Å². The van der Waals surface area contributed by atoms with Crippen LogP contribution >= 0.6 is 0 Å². The van der Waals surface area contributed by atoms with Gasteiger partial charge in [0.25, 0.3) is 0 Å². The van der Waals surface area contributed by atoms with Crippen LogP contribution in [-0.2, 0) is 37.0 Å². The summed E-state index contributed by atoms with van der Waals surface area (Å²) in [5.74, 6) is -0.765. The average molecular weight is 429 g/mol. The normalized spacial score (nSPS) is 13.3. The molecular formula is C25H34NO5+. The lowest BCUT2D eigenvalue weighted by atomic mass is 10.2. The van der Waals surface area contributed by atoms with Crippen molar-refractivity contribution in [2.45, 2.75) is 45.2 Å². The molecule has 6 heteroatoms. The number of likely N-dealkylation sites (N-methyl/N-ethyl adjacent to an activating group) is 1. The minimum absolute atomic E-state index is 0.0212. The summed E-state index contributed by atoms with van der Waals surface area (Å²) in [5, 5.41) is 0. The Balaban J connectivity index is 1.82. The van der Waals surface area contributed by atoms with E-state index in [9.17, 15) is 9.59 Å². The van der Waals surface area contributed by atoms with Crippen molar-refractivity contribution >= 4 is 11.9 Å². The van der Waals surface area contributed by atoms with Gasteiger partial charge in [-0.15, -0.1) is 0 Å². The van der Waals surface area contributed by atoms with Gasteiger partial charge in [-0.25, -0.2) is 0 Å². The summed E-state index contributed by atoms with van der Waals surface area (Å²) in [6, 6.07) is 19.3. The van der Waals surface area contributed by atoms with Crippen molar-refractivity contribution in [2.24, 2.45) is 0 Å². The third kappa shape index (κ3) is 10.8. The Morgan fingerprint density at radius 2 is 1.35 bits per heavy atom. The number of esters is 2. The third-order valence-electron chi connectivity index (χ3n) is 4.52. The highest BCUT2D eigenvalue weighted by atomic mass is 16.6. The van der Waals surface area contributed by atoms with E-state index in [0.29, 0.717) is 17.6 Å². The van der Waals surface area contributed by atoms with E-state index in [1.807, 2.05) is 88.7 Å². The SMILES string of the molecule is CC(CC(=O)OC(CC(=O)OCc1ccccc1)C[N+](C)(C)C)OCc1ccccc1. The van der Waals surface area contributed by atoms with Crippen molar-refractivity contribution < 1.29 is 28.3 Å². The van der Waals surface area contributed by atoms with Crippen LogP contribution in [0, 0.1) is 0 Å². The van der Waals surface area contributed by atoms with E-state index in [-0.39, 0.29) is 37.5 Å². The van der Waals surface area contributed by atoms with E-state index in [4.69, 9.17) is 14.2 Å². The number of carbonyl (C=O) groups excluding carboxylic acids is 2. The van der Waals surface area contributed by atoms with Gasteiger partial charge in [-0.1, -0.05) is 60.7 Å². The smallest absolute Gasteiger partial charge is 0.310 e. The fourth-order valence-electron chi connectivity index (χ4n) is 3.08. The van der Waals surface area contributed by atoms with Crippen LogP contribution in [0.3, 0.4) is 0 Å². The molecule has 0 radical (unpaired) electrons. The molecule has 0 bridgehead atoms. The molecule has 0 aliphatic carbocycles. The standard InChI is InChI=1S/C25H34NO5/c1-20(29-18-21-11-7-5-8-12-21)15-25(28)31-23(17-26(2,3)4)16-24(27)30-19-22-13-9-6-10-14-22/h5-14,20,23H,15-19H2,1-4H3/q+1. The van der Waals surface area contributed by atoms with Crippen molar-refractivity contribution in [2.75, 3.05) is 27.7 Å². The first kappa shape index (κ1) is 24.6. The van der Waals surface area contributed by atoms with E-state index in [2.05, 4.69) is 0 Å². The Kier molecular flexibility index (Phi) is 9.69. The molecule has 6 nitrogen and oxygen atoms in total. The Morgan fingerprint density at radius 3 is 1.90 bits per heavy atom. The van der Waals surface area contributed by atoms with Gasteiger partial charge in [-0.2, -0.15) is 0 Å². The van der Waals surface area contributed by atoms with E-state index in [1.54, 1.807) is 0 Å². The summed E-state index contributed by atoms with van der Waals surface area (Å²) in [6.07, 6.45) is -0.702. The maximum Gasteiger partial charge on any atom is 0.310 e. The summed E-state index contributed by atoms with van der Waals surface area (Å²) in [7, 11) is 5.96. The highest BCUT2D eigenvalue weighted by Gasteiger charge is 2.26. The quantitative estimate of drug-likeness (QED) is 0.381. The van der Waals surface area contributed by atoms with Crippen LogP contribution < -0.4 is 0 Å². The zero-order valence-corrected chi connectivity index (χ0v) is 19.0. The second kappa shape index (κ2) is 12.2. The van der Waals surface area contributed by atoms with Gasteiger partial charge in [0.1, 0.15) is 13.2 Å². The van der Waals surface area contributed by atoms with Crippen molar-refractivity contribution in [3.63, 3.8) is 0 Å². The molecule has 168 valence electrons. The van der Waals surface area contributed by atoms with Crippen LogP contribution in [0.1, 0.15) is 30.9 Å². The summed E-state index contributed by atoms with van der Waals surface area (Å²) >= 11 is 0. The second-order valence-corrected chi connectivity index (χ2v) is 8.75. The number of ether oxygens (including phenoxy) is 3. The van der Waals surface area contributed by atoms with E-state index < -0.39 is 6.10 Å². The van der Waals surface area contributed by atoms with Crippen LogP contribution in [-0.4, -0.2) is 56.3 Å². The second-order valence-electron chi connectivity index (χ2n) is 8.75. The third-order valence-corrected chi connectivity index (χ3v) is 4.52. The number of rotatable bonds is 12. The number of carbonyl (C=O) groups is 2. The van der Waals surface area contributed by atoms with Gasteiger partial charge in [0.05, 0.1) is 46.7 Å². The molecule has 0 aliphatic rings. The molecule has 0 amide bonds. The van der Waals surface area contributed by atoms with Crippen molar-refractivity contribution in [1.29, 1.82) is 0 Å². The minimum atomic E-state index is -0.558. The fraction of sp³-hybridized carbons (Fsp3) is 0.440. The zero-order valence-electron chi connectivity index (χ0n) is 19.0. The Hall–Kier alpha value is -2.70. The molecule has 0 saturated heterocycles. The van der Waals surface area contributed by atoms with Gasteiger partial charge >= 0.3 is 11.9 Å². The molecule has 2 aromatic rings. The molecular weight excluding hydrogens is 394 g/mol. The van der Waals surface area contributed by atoms with Crippen LogP contribution in [0.15, 0.2) is 60.7 Å². The number of benzene rings is 2. The van der Waals surface area contributed by atoms with E-state index in [0.717, 1.165) is 11.1 Å². The first-order valence-electron chi connectivity index (χ1n) is 10.6. The van der Waals surface area contributed by atoms with Crippen molar-refractivity contribution in [3.05, 3.63) is 71.8 Å². The first-order chi connectivity index (χ1) is 14.7. The average Bonchev–Trinajstić information content (AvgIpc) is 2.71. The van der Waals surface area contributed by atoms with Gasteiger partial charge in [0.2, 0.25) is 0 Å². The first-order valence-corrected chi connectivity index (χ1v) is 10.6. The molecule has 2 unspecified atom stereocenters. The Morgan fingerprint density at radius 1 is 0.806 bits per heavy atom. The number of quaternary nitrogens is 1. The maximum atomic E-state index is 12.5. The highest BCUT2D eigenvalue weighted by molar-refractivity contribution is 5.72. The molecule has 0 aliphatic heterocycles. The van der Waals surface area contributed by atoms with Crippen molar-refractivity contribution in [3.8, 4) is 0 Å². The Bertz CT molecular complexity index is 802. The predicted octanol–water partition coefficient (Wildman–Crippen LogP) is 3.73. The fourth-order valence-corrected chi connectivity index (χ4v) is 3.08. The molecule has 0 fully saturated rings. The molecule has 2 atom stereocenters. The molecule has 2 aromatic carbocycles. The lowest BCUT2D eigenvalue weighted by Gasteiger charge is -2.29. The molecule has 0 heterocycles. The summed E-state index contributed by atoms with van der Waals surface area (Å²) in [6.45, 7) is 2.98. The van der Waals surface area contributed by atoms with Gasteiger partial charge in [0.15, 0.2) is 6.10 Å². The molecule has 0 saturated carbocycles. The van der Waals surface area contributed by atoms with Gasteiger partial charge in [-0.05, 0) is 18.1 Å². The topological polar surface area (TPSA) is 61.8 Å². The lowest BCUT2D eigenvalue weighted by molar-refractivity contribution is -0.873. The van der Waals surface area contributed by atoms with Crippen LogP contribution in [0.5, 0.6) is 0 Å². The number of nitrogens with zero attached hydrogens (tertiary/aromatic N) is 1. The number of hydrogen-bond donors (Lipinski definition) is 0. The van der Waals surface area contributed by atoms with Crippen molar-refractivity contribution in [1.82, 2.24) is 0 Å². The molecule has 0 spiro atoms. The largest absolute Gasteiger partial charge is 0.461 e. The minimum Gasteiger partial charge on any atom is -0.461 e. The van der Waals surface area contributed by atoms with Crippen LogP contribution in [0.4, 0.5) is 0 Å². The molecule has 31 heavy (non-hydrogen) atoms. The van der Waals surface area contributed by atoms with Gasteiger partial charge < -0.3 is 18.7 Å². The summed E-state index contributed by atoms with van der Waals surface area (Å²) < 4.78 is 17.3. The predicted molar refractivity (Wildman–Crippen MR) is 119 cm³/mol. The van der Waals surface area contributed by atoms with E-state index >= 15 is 0 Å². The van der Waals surface area contributed by atoms with Crippen LogP contribution in [0.2, 0.25) is 0 Å². The summed E-state index contributed by atoms with van der Waals surface area (Å²) in [5.41, 5.74) is 1.96. The molecule has 0 N–H and O–H groups in total. The molecule has 0 aromatic heterocycles. The van der Waals surface area contributed by atoms with E-state index in [1.165, 1.54) is 0 Å². The maximum absolute atomic E-state index is 12.5. The van der Waals surface area contributed by atoms with Gasteiger partial charge in [-0.3, -0.25) is 9.59 Å². The monoisotopic (exact) mass is 428 g/mol.